The van der Waals surface area contributed by atoms with Gasteiger partial charge in [-0.15, -0.1) is 0 Å². The predicted molar refractivity (Wildman–Crippen MR) is 96.3 cm³/mol. The molecule has 5 aliphatic heterocycles. The average Bonchev–Trinajstić information content (AvgIpc) is 3.27. The van der Waals surface area contributed by atoms with Crippen LogP contribution in [0.15, 0.2) is 36.4 Å². The number of para-hydroxylation sites is 1. The first kappa shape index (κ1) is 14.5. The number of rotatable bonds is 1. The summed E-state index contributed by atoms with van der Waals surface area (Å²) < 4.78 is 12.0. The van der Waals surface area contributed by atoms with Crippen LogP contribution in [0.3, 0.4) is 0 Å². The molecule has 0 spiro atoms. The van der Waals surface area contributed by atoms with Crippen LogP contribution in [0.5, 0.6) is 0 Å². The molecule has 6 atom stereocenters. The van der Waals surface area contributed by atoms with E-state index in [1.165, 1.54) is 27.7 Å². The number of nitrogens with one attached hydrogen (secondary N) is 1. The number of piperidine rings is 3. The van der Waals surface area contributed by atoms with E-state index in [1.807, 2.05) is 0 Å². The maximum absolute atomic E-state index is 5.98. The van der Waals surface area contributed by atoms with Gasteiger partial charge < -0.3 is 14.5 Å². The molecule has 0 aliphatic carbocycles. The summed E-state index contributed by atoms with van der Waals surface area (Å²) in [6, 6.07) is 10.1. The standard InChI is InChI=1S/C21H24N2O2/c1-11-12(2)23-17-10-15-13-5-3-4-6-16(13)22-20(15)18(23)9-14(11)19(17)21-24-7-8-25-21/h3-6,12,14,17-19,21-22H,1,7-10H2,2H3/t12-,14-,17-,18-,19+/m0/s1. The highest BCUT2D eigenvalue weighted by Crippen LogP contribution is 2.57. The maximum atomic E-state index is 5.98. The number of hydrogen-bond donors (Lipinski definition) is 1. The van der Waals surface area contributed by atoms with Crippen molar-refractivity contribution in [1.29, 1.82) is 0 Å². The average molecular weight is 336 g/mol. The molecule has 4 heteroatoms. The Kier molecular flexibility index (Phi) is 2.89. The first-order valence-corrected chi connectivity index (χ1v) is 9.53. The van der Waals surface area contributed by atoms with Gasteiger partial charge in [-0.1, -0.05) is 30.4 Å². The zero-order valence-corrected chi connectivity index (χ0v) is 14.6. The SMILES string of the molecule is C=C1[C@@H]2C[C@H]3c4[nH]c5ccccc5c4C[C@@H]([C@@H]2C2OCCO2)N3[C@H]1C. The lowest BCUT2D eigenvalue weighted by atomic mass is 9.62. The van der Waals surface area contributed by atoms with Crippen LogP contribution in [0, 0.1) is 11.8 Å². The number of hydrogen-bond acceptors (Lipinski definition) is 3. The lowest BCUT2D eigenvalue weighted by molar-refractivity contribution is -0.169. The largest absolute Gasteiger partial charge is 0.357 e. The fourth-order valence-corrected chi connectivity index (χ4v) is 6.09. The zero-order valence-electron chi connectivity index (χ0n) is 14.6. The van der Waals surface area contributed by atoms with E-state index >= 15 is 0 Å². The molecule has 4 fully saturated rings. The number of aromatic nitrogens is 1. The fourth-order valence-electron chi connectivity index (χ4n) is 6.09. The molecule has 7 rings (SSSR count). The molecule has 2 aromatic rings. The summed E-state index contributed by atoms with van der Waals surface area (Å²) in [4.78, 5) is 6.45. The third-order valence-electron chi connectivity index (χ3n) is 7.14. The van der Waals surface area contributed by atoms with Crippen LogP contribution < -0.4 is 0 Å². The number of ether oxygens (including phenoxy) is 2. The minimum Gasteiger partial charge on any atom is -0.357 e. The van der Waals surface area contributed by atoms with E-state index in [-0.39, 0.29) is 6.29 Å². The Morgan fingerprint density at radius 1 is 1.20 bits per heavy atom. The van der Waals surface area contributed by atoms with Crippen LogP contribution in [0.2, 0.25) is 0 Å². The molecule has 0 amide bonds. The van der Waals surface area contributed by atoms with Gasteiger partial charge in [0.25, 0.3) is 0 Å². The first-order chi connectivity index (χ1) is 12.2. The maximum Gasteiger partial charge on any atom is 0.162 e. The minimum atomic E-state index is -0.0607. The van der Waals surface area contributed by atoms with Crippen LogP contribution in [0.25, 0.3) is 10.9 Å². The smallest absolute Gasteiger partial charge is 0.162 e. The van der Waals surface area contributed by atoms with Crippen LogP contribution in [-0.4, -0.2) is 41.5 Å². The molecular formula is C21H24N2O2. The Bertz CT molecular complexity index is 866. The molecule has 4 bridgehead atoms. The van der Waals surface area contributed by atoms with E-state index in [9.17, 15) is 0 Å². The van der Waals surface area contributed by atoms with Crippen molar-refractivity contribution in [2.24, 2.45) is 11.8 Å². The van der Waals surface area contributed by atoms with Crippen molar-refractivity contribution in [1.82, 2.24) is 9.88 Å². The lowest BCUT2D eigenvalue weighted by Gasteiger charge is -2.61. The second-order valence-corrected chi connectivity index (χ2v) is 8.08. The zero-order chi connectivity index (χ0) is 16.7. The highest BCUT2D eigenvalue weighted by molar-refractivity contribution is 5.85. The number of fused-ring (bicyclic) bond motifs is 4. The molecule has 1 N–H and O–H groups in total. The number of aromatic amines is 1. The van der Waals surface area contributed by atoms with E-state index in [0.29, 0.717) is 30.0 Å². The van der Waals surface area contributed by atoms with Crippen molar-refractivity contribution in [2.45, 2.75) is 44.2 Å². The summed E-state index contributed by atoms with van der Waals surface area (Å²) in [5.74, 6) is 0.905. The van der Waals surface area contributed by atoms with Gasteiger partial charge in [-0.25, -0.2) is 0 Å². The van der Waals surface area contributed by atoms with Crippen molar-refractivity contribution in [2.75, 3.05) is 13.2 Å². The summed E-state index contributed by atoms with van der Waals surface area (Å²) in [5, 5.41) is 1.39. The Hall–Kier alpha value is -1.62. The normalized spacial score (nSPS) is 40.0. The van der Waals surface area contributed by atoms with Gasteiger partial charge in [-0.2, -0.15) is 0 Å². The summed E-state index contributed by atoms with van der Waals surface area (Å²) in [6.45, 7) is 8.24. The summed E-state index contributed by atoms with van der Waals surface area (Å²) in [6.07, 6.45) is 2.15. The molecule has 5 aliphatic rings. The highest BCUT2D eigenvalue weighted by atomic mass is 16.7. The molecule has 130 valence electrons. The van der Waals surface area contributed by atoms with Gasteiger partial charge in [-0.05, 0) is 37.3 Å². The molecular weight excluding hydrogens is 312 g/mol. The molecule has 1 unspecified atom stereocenters. The van der Waals surface area contributed by atoms with E-state index in [4.69, 9.17) is 9.47 Å². The van der Waals surface area contributed by atoms with Crippen LogP contribution >= 0.6 is 0 Å². The predicted octanol–water partition coefficient (Wildman–Crippen LogP) is 3.40. The van der Waals surface area contributed by atoms with E-state index < -0.39 is 0 Å². The number of H-pyrrole nitrogens is 1. The summed E-state index contributed by atoms with van der Waals surface area (Å²) >= 11 is 0. The van der Waals surface area contributed by atoms with Gasteiger partial charge in [0.1, 0.15) is 0 Å². The second kappa shape index (κ2) is 4.97. The van der Waals surface area contributed by atoms with Crippen molar-refractivity contribution < 1.29 is 9.47 Å². The quantitative estimate of drug-likeness (QED) is 0.811. The minimum absolute atomic E-state index is 0.0607. The number of nitrogens with zero attached hydrogens (tertiary/aromatic N) is 1. The Labute approximate surface area is 147 Å². The van der Waals surface area contributed by atoms with E-state index in [1.54, 1.807) is 0 Å². The molecule has 4 saturated heterocycles. The molecule has 0 saturated carbocycles. The fraction of sp³-hybridized carbons (Fsp3) is 0.524. The van der Waals surface area contributed by atoms with Gasteiger partial charge >= 0.3 is 0 Å². The van der Waals surface area contributed by atoms with Crippen molar-refractivity contribution in [3.63, 3.8) is 0 Å². The Balaban J connectivity index is 1.52. The summed E-state index contributed by atoms with van der Waals surface area (Å²) in [7, 11) is 0. The molecule has 4 nitrogen and oxygen atoms in total. The monoisotopic (exact) mass is 336 g/mol. The molecule has 0 radical (unpaired) electrons. The highest BCUT2D eigenvalue weighted by Gasteiger charge is 2.58. The van der Waals surface area contributed by atoms with Gasteiger partial charge in [0.15, 0.2) is 6.29 Å². The van der Waals surface area contributed by atoms with Gasteiger partial charge in [-0.3, -0.25) is 4.90 Å². The topological polar surface area (TPSA) is 37.5 Å². The van der Waals surface area contributed by atoms with Gasteiger partial charge in [0.05, 0.1) is 19.3 Å². The molecule has 6 heterocycles. The summed E-state index contributed by atoms with van der Waals surface area (Å²) in [5.41, 5.74) is 5.60. The van der Waals surface area contributed by atoms with Crippen molar-refractivity contribution >= 4 is 10.9 Å². The lowest BCUT2D eigenvalue weighted by Crippen LogP contribution is -2.65. The first-order valence-electron chi connectivity index (χ1n) is 9.53. The Morgan fingerprint density at radius 2 is 2.00 bits per heavy atom. The molecule has 25 heavy (non-hydrogen) atoms. The molecule has 1 aromatic heterocycles. The van der Waals surface area contributed by atoms with Crippen molar-refractivity contribution in [3.8, 4) is 0 Å². The number of benzene rings is 1. The van der Waals surface area contributed by atoms with Gasteiger partial charge in [0.2, 0.25) is 0 Å². The van der Waals surface area contributed by atoms with Crippen LogP contribution in [0.1, 0.15) is 30.6 Å². The molecule has 1 aromatic carbocycles. The van der Waals surface area contributed by atoms with Gasteiger partial charge in [0, 0.05) is 34.6 Å². The van der Waals surface area contributed by atoms with Crippen molar-refractivity contribution in [3.05, 3.63) is 47.7 Å². The van der Waals surface area contributed by atoms with E-state index in [0.717, 1.165) is 26.1 Å². The van der Waals surface area contributed by atoms with Crippen LogP contribution in [0.4, 0.5) is 0 Å². The van der Waals surface area contributed by atoms with E-state index in [2.05, 4.69) is 47.7 Å². The Morgan fingerprint density at radius 3 is 2.84 bits per heavy atom. The second-order valence-electron chi connectivity index (χ2n) is 8.08. The van der Waals surface area contributed by atoms with Crippen LogP contribution in [-0.2, 0) is 15.9 Å². The third kappa shape index (κ3) is 1.77. The third-order valence-corrected chi connectivity index (χ3v) is 7.14.